The van der Waals surface area contributed by atoms with Crippen molar-refractivity contribution < 1.29 is 9.53 Å². The number of aromatic nitrogens is 2. The van der Waals surface area contributed by atoms with Crippen LogP contribution in [0.1, 0.15) is 16.8 Å². The molecule has 0 atom stereocenters. The maximum Gasteiger partial charge on any atom is 0.321 e. The number of ether oxygens (including phenoxy) is 1. The van der Waals surface area contributed by atoms with E-state index in [2.05, 4.69) is 20.4 Å². The highest BCUT2D eigenvalue weighted by Crippen LogP contribution is 2.23. The van der Waals surface area contributed by atoms with E-state index in [0.29, 0.717) is 26.3 Å². The van der Waals surface area contributed by atoms with Crippen molar-refractivity contribution in [1.29, 1.82) is 0 Å². The Bertz CT molecular complexity index is 749. The molecule has 0 bridgehead atoms. The molecule has 24 heavy (non-hydrogen) atoms. The van der Waals surface area contributed by atoms with Crippen LogP contribution in [0.3, 0.4) is 0 Å². The van der Waals surface area contributed by atoms with Gasteiger partial charge in [-0.3, -0.25) is 5.10 Å². The molecule has 3 heterocycles. The topological polar surface area (TPSA) is 73.5 Å². The maximum atomic E-state index is 12.5. The lowest BCUT2D eigenvalue weighted by atomic mass is 10.1. The SMILES string of the molecule is Cc1cc(N2CCN(C(=O)Nc3ccc4c(c3)COC4)CC2)n[nH]1. The van der Waals surface area contributed by atoms with Crippen molar-refractivity contribution in [3.8, 4) is 0 Å². The van der Waals surface area contributed by atoms with E-state index in [4.69, 9.17) is 4.74 Å². The Morgan fingerprint density at radius 3 is 2.71 bits per heavy atom. The summed E-state index contributed by atoms with van der Waals surface area (Å²) in [6.07, 6.45) is 0. The van der Waals surface area contributed by atoms with Gasteiger partial charge in [-0.15, -0.1) is 0 Å². The second-order valence-electron chi connectivity index (χ2n) is 6.29. The average Bonchev–Trinajstić information content (AvgIpc) is 3.23. The van der Waals surface area contributed by atoms with E-state index in [1.165, 1.54) is 5.56 Å². The van der Waals surface area contributed by atoms with Gasteiger partial charge < -0.3 is 19.9 Å². The number of H-pyrrole nitrogens is 1. The average molecular weight is 327 g/mol. The van der Waals surface area contributed by atoms with Crippen molar-refractivity contribution >= 4 is 17.5 Å². The number of benzene rings is 1. The number of anilines is 2. The summed E-state index contributed by atoms with van der Waals surface area (Å²) in [6, 6.07) is 7.95. The van der Waals surface area contributed by atoms with E-state index in [9.17, 15) is 4.79 Å². The van der Waals surface area contributed by atoms with Gasteiger partial charge in [0.25, 0.3) is 0 Å². The second-order valence-corrected chi connectivity index (χ2v) is 6.29. The molecular formula is C17H21N5O2. The van der Waals surface area contributed by atoms with Gasteiger partial charge >= 0.3 is 6.03 Å². The minimum atomic E-state index is -0.0493. The summed E-state index contributed by atoms with van der Waals surface area (Å²) in [5, 5.41) is 10.2. The lowest BCUT2D eigenvalue weighted by molar-refractivity contribution is 0.134. The number of fused-ring (bicyclic) bond motifs is 1. The molecular weight excluding hydrogens is 306 g/mol. The van der Waals surface area contributed by atoms with Crippen LogP contribution in [0, 0.1) is 6.92 Å². The van der Waals surface area contributed by atoms with Gasteiger partial charge in [-0.25, -0.2) is 4.79 Å². The van der Waals surface area contributed by atoms with E-state index >= 15 is 0 Å². The predicted octanol–water partition coefficient (Wildman–Crippen LogP) is 2.10. The first kappa shape index (κ1) is 15.0. The first-order chi connectivity index (χ1) is 11.7. The van der Waals surface area contributed by atoms with Crippen LogP contribution in [0.25, 0.3) is 0 Å². The zero-order valence-corrected chi connectivity index (χ0v) is 13.7. The lowest BCUT2D eigenvalue weighted by Gasteiger charge is -2.34. The number of aryl methyl sites for hydroxylation is 1. The first-order valence-electron chi connectivity index (χ1n) is 8.21. The number of rotatable bonds is 2. The van der Waals surface area contributed by atoms with Crippen LogP contribution in [-0.4, -0.2) is 47.3 Å². The molecule has 2 aliphatic heterocycles. The van der Waals surface area contributed by atoms with Crippen molar-refractivity contribution in [2.24, 2.45) is 0 Å². The molecule has 0 saturated carbocycles. The third-order valence-electron chi connectivity index (χ3n) is 4.56. The number of urea groups is 1. The minimum absolute atomic E-state index is 0.0493. The molecule has 1 aromatic heterocycles. The highest BCUT2D eigenvalue weighted by molar-refractivity contribution is 5.89. The van der Waals surface area contributed by atoms with Gasteiger partial charge in [0.15, 0.2) is 5.82 Å². The Hall–Kier alpha value is -2.54. The van der Waals surface area contributed by atoms with Crippen molar-refractivity contribution in [1.82, 2.24) is 15.1 Å². The number of carbonyl (C=O) groups is 1. The van der Waals surface area contributed by atoms with Crippen LogP contribution < -0.4 is 10.2 Å². The molecule has 7 heteroatoms. The van der Waals surface area contributed by atoms with Gasteiger partial charge in [0.05, 0.1) is 13.2 Å². The number of hydrogen-bond donors (Lipinski definition) is 2. The zero-order valence-electron chi connectivity index (χ0n) is 13.7. The molecule has 2 amide bonds. The fourth-order valence-corrected chi connectivity index (χ4v) is 3.16. The molecule has 1 saturated heterocycles. The predicted molar refractivity (Wildman–Crippen MR) is 91.1 cm³/mol. The van der Waals surface area contributed by atoms with Crippen LogP contribution in [-0.2, 0) is 18.0 Å². The van der Waals surface area contributed by atoms with Gasteiger partial charge in [-0.2, -0.15) is 5.10 Å². The van der Waals surface area contributed by atoms with Gasteiger partial charge in [-0.05, 0) is 30.2 Å². The maximum absolute atomic E-state index is 12.5. The Kier molecular flexibility index (Phi) is 3.86. The molecule has 0 aliphatic carbocycles. The van der Waals surface area contributed by atoms with Crippen molar-refractivity contribution in [3.05, 3.63) is 41.1 Å². The molecule has 4 rings (SSSR count). The third-order valence-corrected chi connectivity index (χ3v) is 4.56. The van der Waals surface area contributed by atoms with Gasteiger partial charge in [0.1, 0.15) is 0 Å². The summed E-state index contributed by atoms with van der Waals surface area (Å²) < 4.78 is 5.41. The molecule has 0 unspecified atom stereocenters. The van der Waals surface area contributed by atoms with Gasteiger partial charge in [-0.1, -0.05) is 6.07 Å². The summed E-state index contributed by atoms with van der Waals surface area (Å²) in [6.45, 7) is 6.23. The highest BCUT2D eigenvalue weighted by atomic mass is 16.5. The van der Waals surface area contributed by atoms with E-state index in [1.54, 1.807) is 0 Å². The minimum Gasteiger partial charge on any atom is -0.372 e. The highest BCUT2D eigenvalue weighted by Gasteiger charge is 2.22. The molecule has 2 aromatic rings. The van der Waals surface area contributed by atoms with Gasteiger partial charge in [0, 0.05) is 43.6 Å². The number of nitrogens with zero attached hydrogens (tertiary/aromatic N) is 3. The first-order valence-corrected chi connectivity index (χ1v) is 8.21. The van der Waals surface area contributed by atoms with E-state index < -0.39 is 0 Å². The molecule has 0 radical (unpaired) electrons. The smallest absolute Gasteiger partial charge is 0.321 e. The quantitative estimate of drug-likeness (QED) is 0.886. The third kappa shape index (κ3) is 2.94. The normalized spacial score (nSPS) is 17.0. The van der Waals surface area contributed by atoms with Crippen molar-refractivity contribution in [2.45, 2.75) is 20.1 Å². The monoisotopic (exact) mass is 327 g/mol. The number of hydrogen-bond acceptors (Lipinski definition) is 4. The molecule has 1 fully saturated rings. The summed E-state index contributed by atoms with van der Waals surface area (Å²) >= 11 is 0. The number of amides is 2. The van der Waals surface area contributed by atoms with Gasteiger partial charge in [0.2, 0.25) is 0 Å². The van der Waals surface area contributed by atoms with Crippen LogP contribution >= 0.6 is 0 Å². The second kappa shape index (κ2) is 6.16. The van der Waals surface area contributed by atoms with Crippen molar-refractivity contribution in [3.63, 3.8) is 0 Å². The zero-order chi connectivity index (χ0) is 16.5. The standard InChI is InChI=1S/C17H21N5O2/c1-12-8-16(20-19-12)21-4-6-22(7-5-21)17(23)18-15-3-2-13-10-24-11-14(13)9-15/h2-3,8-9H,4-7,10-11H2,1H3,(H,18,23)(H,19,20). The molecule has 2 aliphatic rings. The molecule has 2 N–H and O–H groups in total. The van der Waals surface area contributed by atoms with Crippen LogP contribution in [0.15, 0.2) is 24.3 Å². The molecule has 0 spiro atoms. The lowest BCUT2D eigenvalue weighted by Crippen LogP contribution is -2.50. The number of carbonyl (C=O) groups excluding carboxylic acids is 1. The molecule has 126 valence electrons. The summed E-state index contributed by atoms with van der Waals surface area (Å²) in [5.74, 6) is 0.950. The summed E-state index contributed by atoms with van der Waals surface area (Å²) in [5.41, 5.74) is 4.24. The summed E-state index contributed by atoms with van der Waals surface area (Å²) in [7, 11) is 0. The Morgan fingerprint density at radius 1 is 1.17 bits per heavy atom. The largest absolute Gasteiger partial charge is 0.372 e. The number of piperazine rings is 1. The Labute approximate surface area is 140 Å². The fraction of sp³-hybridized carbons (Fsp3) is 0.412. The summed E-state index contributed by atoms with van der Waals surface area (Å²) in [4.78, 5) is 16.5. The molecule has 1 aromatic carbocycles. The van der Waals surface area contributed by atoms with E-state index in [1.807, 2.05) is 36.1 Å². The van der Waals surface area contributed by atoms with Crippen LogP contribution in [0.5, 0.6) is 0 Å². The van der Waals surface area contributed by atoms with E-state index in [-0.39, 0.29) is 6.03 Å². The van der Waals surface area contributed by atoms with E-state index in [0.717, 1.165) is 35.9 Å². The Balaban J connectivity index is 1.34. The fourth-order valence-electron chi connectivity index (χ4n) is 3.16. The Morgan fingerprint density at radius 2 is 1.96 bits per heavy atom. The van der Waals surface area contributed by atoms with Crippen LogP contribution in [0.4, 0.5) is 16.3 Å². The van der Waals surface area contributed by atoms with Crippen molar-refractivity contribution in [2.75, 3.05) is 36.4 Å². The number of nitrogens with one attached hydrogen (secondary N) is 2. The molecule has 7 nitrogen and oxygen atoms in total. The van der Waals surface area contributed by atoms with Crippen LogP contribution in [0.2, 0.25) is 0 Å². The number of aromatic amines is 1.